The monoisotopic (exact) mass is 550 g/mol. The molecule has 1 aromatic heterocycles. The zero-order chi connectivity index (χ0) is 28.4. The minimum atomic E-state index is -4.56. The fourth-order valence-electron chi connectivity index (χ4n) is 4.77. The van der Waals surface area contributed by atoms with Crippen molar-refractivity contribution in [1.29, 1.82) is 0 Å². The third-order valence-corrected chi connectivity index (χ3v) is 6.96. The molecule has 0 atom stereocenters. The smallest absolute Gasteiger partial charge is 0.416 e. The molecule has 0 bridgehead atoms. The number of amides is 1. The minimum absolute atomic E-state index is 0.0665. The van der Waals surface area contributed by atoms with Gasteiger partial charge in [0.2, 0.25) is 5.95 Å². The number of piperazine rings is 1. The van der Waals surface area contributed by atoms with Gasteiger partial charge in [0, 0.05) is 50.0 Å². The Labute approximate surface area is 229 Å². The predicted molar refractivity (Wildman–Crippen MR) is 148 cm³/mol. The summed E-state index contributed by atoms with van der Waals surface area (Å²) in [6.07, 6.45) is -2.94. The molecule has 0 saturated carbocycles. The maximum Gasteiger partial charge on any atom is 0.416 e. The molecule has 2 heterocycles. The van der Waals surface area contributed by atoms with Crippen molar-refractivity contribution in [3.8, 4) is 16.9 Å². The van der Waals surface area contributed by atoms with Gasteiger partial charge < -0.3 is 20.7 Å². The SMILES string of the molecule is COc1ccc(-c2ccc3nc(N)ncc3c2)cc1C(=O)Nc1cc(CN2CCN(C)CC2)cc(C(F)(F)F)c1. The number of halogens is 3. The van der Waals surface area contributed by atoms with E-state index in [1.54, 1.807) is 36.5 Å². The number of hydrogen-bond acceptors (Lipinski definition) is 7. The number of carbonyl (C=O) groups excluding carboxylic acids is 1. The van der Waals surface area contributed by atoms with Crippen LogP contribution in [0.3, 0.4) is 0 Å². The van der Waals surface area contributed by atoms with Crippen LogP contribution in [-0.2, 0) is 12.7 Å². The van der Waals surface area contributed by atoms with Crippen molar-refractivity contribution in [1.82, 2.24) is 19.8 Å². The topological polar surface area (TPSA) is 96.6 Å². The van der Waals surface area contributed by atoms with Gasteiger partial charge in [-0.05, 0) is 66.2 Å². The van der Waals surface area contributed by atoms with Gasteiger partial charge in [-0.1, -0.05) is 12.1 Å². The zero-order valence-electron chi connectivity index (χ0n) is 22.1. The lowest BCUT2D eigenvalue weighted by atomic mass is 10.0. The van der Waals surface area contributed by atoms with Crippen molar-refractivity contribution in [3.05, 3.63) is 77.5 Å². The summed E-state index contributed by atoms with van der Waals surface area (Å²) in [6.45, 7) is 3.56. The number of nitrogen functional groups attached to an aromatic ring is 1. The van der Waals surface area contributed by atoms with Crippen LogP contribution in [0.4, 0.5) is 24.8 Å². The van der Waals surface area contributed by atoms with Crippen LogP contribution in [0.5, 0.6) is 5.75 Å². The van der Waals surface area contributed by atoms with Crippen molar-refractivity contribution < 1.29 is 22.7 Å². The Balaban J connectivity index is 1.44. The van der Waals surface area contributed by atoms with E-state index < -0.39 is 17.6 Å². The largest absolute Gasteiger partial charge is 0.496 e. The van der Waals surface area contributed by atoms with Gasteiger partial charge in [0.15, 0.2) is 0 Å². The summed E-state index contributed by atoms with van der Waals surface area (Å²) < 4.78 is 46.7. The Morgan fingerprint density at radius 3 is 2.48 bits per heavy atom. The maximum absolute atomic E-state index is 13.8. The van der Waals surface area contributed by atoms with Crippen molar-refractivity contribution in [3.63, 3.8) is 0 Å². The van der Waals surface area contributed by atoms with E-state index in [0.717, 1.165) is 49.3 Å². The first kappa shape index (κ1) is 27.4. The molecule has 0 unspecified atom stereocenters. The summed E-state index contributed by atoms with van der Waals surface area (Å²) in [5, 5.41) is 3.43. The number of carbonyl (C=O) groups is 1. The summed E-state index contributed by atoms with van der Waals surface area (Å²) in [5.41, 5.74) is 7.78. The van der Waals surface area contributed by atoms with Crippen LogP contribution in [0.25, 0.3) is 22.0 Å². The highest BCUT2D eigenvalue weighted by molar-refractivity contribution is 6.07. The molecule has 0 radical (unpaired) electrons. The average Bonchev–Trinajstić information content (AvgIpc) is 2.93. The van der Waals surface area contributed by atoms with E-state index in [4.69, 9.17) is 10.5 Å². The highest BCUT2D eigenvalue weighted by atomic mass is 19.4. The fraction of sp³-hybridized carbons (Fsp3) is 0.276. The second-order valence-corrected chi connectivity index (χ2v) is 9.87. The Morgan fingerprint density at radius 1 is 1.02 bits per heavy atom. The molecule has 4 aromatic rings. The molecule has 0 aliphatic carbocycles. The summed E-state index contributed by atoms with van der Waals surface area (Å²) in [7, 11) is 3.45. The molecule has 1 aliphatic heterocycles. The average molecular weight is 551 g/mol. The van der Waals surface area contributed by atoms with E-state index in [2.05, 4.69) is 25.1 Å². The number of hydrogen-bond donors (Lipinski definition) is 2. The van der Waals surface area contributed by atoms with Crippen LogP contribution >= 0.6 is 0 Å². The van der Waals surface area contributed by atoms with Crippen molar-refractivity contribution in [2.24, 2.45) is 0 Å². The second-order valence-electron chi connectivity index (χ2n) is 9.87. The number of nitrogens with zero attached hydrogens (tertiary/aromatic N) is 4. The number of benzene rings is 3. The molecule has 1 saturated heterocycles. The summed E-state index contributed by atoms with van der Waals surface area (Å²) in [6, 6.07) is 14.3. The van der Waals surface area contributed by atoms with Gasteiger partial charge in [-0.3, -0.25) is 9.69 Å². The standard InChI is InChI=1S/C29H29F3N6O2/c1-37-7-9-38(10-8-37)17-18-11-22(29(30,31)32)15-23(12-18)35-27(39)24-14-20(4-6-26(24)40-2)19-3-5-25-21(13-19)16-34-28(33)36-25/h3-6,11-16H,7-10,17H2,1-2H3,(H,35,39)(H2,33,34,36). The van der Waals surface area contributed by atoms with Crippen LogP contribution in [0, 0.1) is 0 Å². The number of aromatic nitrogens is 2. The minimum Gasteiger partial charge on any atom is -0.496 e. The molecular formula is C29H29F3N6O2. The van der Waals surface area contributed by atoms with E-state index in [9.17, 15) is 18.0 Å². The number of anilines is 2. The Hall–Kier alpha value is -4.22. The molecule has 8 nitrogen and oxygen atoms in total. The van der Waals surface area contributed by atoms with Gasteiger partial charge in [-0.2, -0.15) is 13.2 Å². The first-order valence-electron chi connectivity index (χ1n) is 12.7. The summed E-state index contributed by atoms with van der Waals surface area (Å²) in [4.78, 5) is 25.9. The van der Waals surface area contributed by atoms with Crippen LogP contribution in [0.15, 0.2) is 60.8 Å². The lowest BCUT2D eigenvalue weighted by Crippen LogP contribution is -2.43. The Kier molecular flexibility index (Phi) is 7.59. The number of likely N-dealkylation sites (N-methyl/N-ethyl adjacent to an activating group) is 1. The van der Waals surface area contributed by atoms with Crippen molar-refractivity contribution in [2.45, 2.75) is 12.7 Å². The van der Waals surface area contributed by atoms with Gasteiger partial charge in [0.05, 0.1) is 23.8 Å². The van der Waals surface area contributed by atoms with Gasteiger partial charge in [0.25, 0.3) is 5.91 Å². The maximum atomic E-state index is 13.8. The third kappa shape index (κ3) is 6.16. The van der Waals surface area contributed by atoms with Crippen LogP contribution in [0.1, 0.15) is 21.5 Å². The highest BCUT2D eigenvalue weighted by Gasteiger charge is 2.32. The fourth-order valence-corrected chi connectivity index (χ4v) is 4.77. The molecule has 208 valence electrons. The zero-order valence-corrected chi connectivity index (χ0v) is 22.1. The molecule has 0 spiro atoms. The Morgan fingerprint density at radius 2 is 1.75 bits per heavy atom. The lowest BCUT2D eigenvalue weighted by Gasteiger charge is -2.32. The van der Waals surface area contributed by atoms with Crippen molar-refractivity contribution >= 4 is 28.4 Å². The van der Waals surface area contributed by atoms with Gasteiger partial charge in [-0.25, -0.2) is 9.97 Å². The number of alkyl halides is 3. The molecule has 11 heteroatoms. The van der Waals surface area contributed by atoms with Gasteiger partial charge in [-0.15, -0.1) is 0 Å². The molecule has 3 aromatic carbocycles. The molecule has 40 heavy (non-hydrogen) atoms. The van der Waals surface area contributed by atoms with Crippen LogP contribution in [0.2, 0.25) is 0 Å². The van der Waals surface area contributed by atoms with E-state index in [1.807, 2.05) is 19.2 Å². The molecule has 5 rings (SSSR count). The Bertz CT molecular complexity index is 1550. The molecule has 1 amide bonds. The number of fused-ring (bicyclic) bond motifs is 1. The number of methoxy groups -OCH3 is 1. The first-order valence-corrected chi connectivity index (χ1v) is 12.7. The quantitative estimate of drug-likeness (QED) is 0.352. The van der Waals surface area contributed by atoms with Gasteiger partial charge >= 0.3 is 6.18 Å². The second kappa shape index (κ2) is 11.1. The molecule has 1 fully saturated rings. The summed E-state index contributed by atoms with van der Waals surface area (Å²) in [5.74, 6) is -0.117. The number of rotatable bonds is 6. The number of nitrogens with one attached hydrogen (secondary N) is 1. The summed E-state index contributed by atoms with van der Waals surface area (Å²) >= 11 is 0. The first-order chi connectivity index (χ1) is 19.1. The van der Waals surface area contributed by atoms with E-state index in [1.165, 1.54) is 7.11 Å². The molecule has 3 N–H and O–H groups in total. The van der Waals surface area contributed by atoms with E-state index in [0.29, 0.717) is 28.9 Å². The number of ether oxygens (including phenoxy) is 1. The molecule has 1 aliphatic rings. The molecular weight excluding hydrogens is 521 g/mol. The number of nitrogens with two attached hydrogens (primary N) is 1. The van der Waals surface area contributed by atoms with Crippen LogP contribution in [-0.4, -0.2) is 66.0 Å². The van der Waals surface area contributed by atoms with Crippen molar-refractivity contribution in [2.75, 3.05) is 51.4 Å². The van der Waals surface area contributed by atoms with E-state index in [-0.39, 0.29) is 17.2 Å². The lowest BCUT2D eigenvalue weighted by molar-refractivity contribution is -0.137. The van der Waals surface area contributed by atoms with Crippen LogP contribution < -0.4 is 15.8 Å². The normalized spacial score (nSPS) is 14.8. The predicted octanol–water partition coefficient (Wildman–Crippen LogP) is 4.91. The van der Waals surface area contributed by atoms with E-state index >= 15 is 0 Å². The van der Waals surface area contributed by atoms with Gasteiger partial charge in [0.1, 0.15) is 5.75 Å². The third-order valence-electron chi connectivity index (χ3n) is 6.96. The highest BCUT2D eigenvalue weighted by Crippen LogP contribution is 2.34.